The van der Waals surface area contributed by atoms with E-state index in [4.69, 9.17) is 18.9 Å². The van der Waals surface area contributed by atoms with Crippen LogP contribution in [-0.4, -0.2) is 44.4 Å². The molecular weight excluding hydrogens is 747 g/mol. The van der Waals surface area contributed by atoms with Crippen molar-refractivity contribution in [1.29, 1.82) is 0 Å². The van der Waals surface area contributed by atoms with E-state index in [1.54, 1.807) is 32.0 Å². The first kappa shape index (κ1) is 32.8. The first-order chi connectivity index (χ1) is 21.2. The molecule has 1 aliphatic rings. The zero-order chi connectivity index (χ0) is 31.6. The topological polar surface area (TPSA) is 137 Å². The number of nitrogens with zero attached hydrogens (tertiary/aromatic N) is 1. The number of esters is 1. The van der Waals surface area contributed by atoms with Crippen molar-refractivity contribution < 1.29 is 33.3 Å². The number of halogens is 2. The van der Waals surface area contributed by atoms with Gasteiger partial charge in [-0.15, -0.1) is 0 Å². The Labute approximate surface area is 276 Å². The summed E-state index contributed by atoms with van der Waals surface area (Å²) >= 11 is 5.74. The molecule has 0 aromatic heterocycles. The van der Waals surface area contributed by atoms with Gasteiger partial charge in [-0.3, -0.25) is 4.79 Å². The quantitative estimate of drug-likeness (QED) is 0.0976. The molecular formula is C31H30BrIN4O7. The molecule has 11 nitrogen and oxygen atoms in total. The summed E-state index contributed by atoms with van der Waals surface area (Å²) in [6.45, 7) is 3.62. The van der Waals surface area contributed by atoms with Crippen molar-refractivity contribution in [2.75, 3.05) is 20.3 Å². The standard InChI is InChI=1S/C31H30BrIN4O7/c1-4-42-30(39)27-18(2)35-31(40)36-28(27)21-10-11-24(25(14-21)41-3)43-17-26(38)37-34-15-20-12-22(32)29(23(33)13-20)44-16-19-8-6-5-7-9-19/h5-15,28H,4,16-17H2,1-3H3,(H,37,38)(H2,35,36,40)/b34-15-/t28-/m1/s1. The van der Waals surface area contributed by atoms with Crippen LogP contribution in [0.15, 0.2) is 81.5 Å². The van der Waals surface area contributed by atoms with E-state index >= 15 is 0 Å². The number of methoxy groups -OCH3 is 1. The molecule has 0 bridgehead atoms. The van der Waals surface area contributed by atoms with Gasteiger partial charge in [0, 0.05) is 5.70 Å². The Bertz CT molecular complexity index is 1570. The molecule has 1 heterocycles. The highest BCUT2D eigenvalue weighted by Gasteiger charge is 2.32. The third kappa shape index (κ3) is 8.50. The maximum Gasteiger partial charge on any atom is 0.338 e. The highest BCUT2D eigenvalue weighted by molar-refractivity contribution is 14.1. The Balaban J connectivity index is 1.36. The second-order valence-electron chi connectivity index (χ2n) is 9.37. The van der Waals surface area contributed by atoms with Gasteiger partial charge in [0.05, 0.1) is 39.6 Å². The van der Waals surface area contributed by atoms with Crippen LogP contribution in [-0.2, 0) is 20.9 Å². The highest BCUT2D eigenvalue weighted by atomic mass is 127. The van der Waals surface area contributed by atoms with Gasteiger partial charge in [0.2, 0.25) is 0 Å². The maximum absolute atomic E-state index is 12.6. The van der Waals surface area contributed by atoms with E-state index in [0.29, 0.717) is 29.4 Å². The van der Waals surface area contributed by atoms with E-state index in [2.05, 4.69) is 59.7 Å². The SMILES string of the molecule is CCOC(=O)C1=C(C)NC(=O)N[C@@H]1c1ccc(OCC(=O)N/N=C\c2cc(Br)c(OCc3ccccc3)c(I)c2)c(OC)c1. The number of carbonyl (C=O) groups excluding carboxylic acids is 3. The zero-order valence-electron chi connectivity index (χ0n) is 24.1. The van der Waals surface area contributed by atoms with Crippen molar-refractivity contribution in [3.63, 3.8) is 0 Å². The van der Waals surface area contributed by atoms with Crippen LogP contribution in [0.1, 0.15) is 36.6 Å². The average Bonchev–Trinajstić information content (AvgIpc) is 2.99. The molecule has 0 saturated carbocycles. The predicted octanol–water partition coefficient (Wildman–Crippen LogP) is 5.36. The molecule has 3 N–H and O–H groups in total. The van der Waals surface area contributed by atoms with Crippen LogP contribution in [0, 0.1) is 3.57 Å². The normalized spacial score (nSPS) is 14.5. The molecule has 3 amide bonds. The van der Waals surface area contributed by atoms with Crippen LogP contribution in [0.3, 0.4) is 0 Å². The second kappa shape index (κ2) is 15.6. The molecule has 13 heteroatoms. The van der Waals surface area contributed by atoms with Gasteiger partial charge in [0.15, 0.2) is 18.1 Å². The van der Waals surface area contributed by atoms with Gasteiger partial charge < -0.3 is 29.6 Å². The summed E-state index contributed by atoms with van der Waals surface area (Å²) < 4.78 is 23.9. The maximum atomic E-state index is 12.6. The smallest absolute Gasteiger partial charge is 0.338 e. The molecule has 0 unspecified atom stereocenters. The molecule has 0 radical (unpaired) electrons. The zero-order valence-corrected chi connectivity index (χ0v) is 27.9. The van der Waals surface area contributed by atoms with Crippen LogP contribution in [0.4, 0.5) is 4.79 Å². The third-order valence-corrected chi connectivity index (χ3v) is 7.68. The predicted molar refractivity (Wildman–Crippen MR) is 176 cm³/mol. The molecule has 1 aliphatic heterocycles. The molecule has 3 aromatic carbocycles. The summed E-state index contributed by atoms with van der Waals surface area (Å²) in [5.41, 5.74) is 5.49. The van der Waals surface area contributed by atoms with Crippen molar-refractivity contribution in [3.05, 3.63) is 96.7 Å². The first-order valence-corrected chi connectivity index (χ1v) is 15.3. The number of hydrogen-bond donors (Lipinski definition) is 3. The molecule has 3 aromatic rings. The molecule has 1 atom stereocenters. The molecule has 4 rings (SSSR count). The van der Waals surface area contributed by atoms with E-state index in [1.807, 2.05) is 42.5 Å². The number of ether oxygens (including phenoxy) is 4. The van der Waals surface area contributed by atoms with Crippen molar-refractivity contribution >= 4 is 62.6 Å². The van der Waals surface area contributed by atoms with Crippen LogP contribution in [0.25, 0.3) is 0 Å². The Kier molecular flexibility index (Phi) is 11.6. The van der Waals surface area contributed by atoms with E-state index in [-0.39, 0.29) is 18.8 Å². The van der Waals surface area contributed by atoms with Gasteiger partial charge in [-0.05, 0) is 93.3 Å². The largest absolute Gasteiger partial charge is 0.493 e. The minimum Gasteiger partial charge on any atom is -0.493 e. The van der Waals surface area contributed by atoms with Gasteiger partial charge in [-0.2, -0.15) is 5.10 Å². The van der Waals surface area contributed by atoms with Crippen LogP contribution < -0.4 is 30.3 Å². The van der Waals surface area contributed by atoms with E-state index in [0.717, 1.165) is 24.9 Å². The van der Waals surface area contributed by atoms with Gasteiger partial charge in [0.25, 0.3) is 5.91 Å². The van der Waals surface area contributed by atoms with Crippen molar-refractivity contribution in [2.45, 2.75) is 26.5 Å². The molecule has 230 valence electrons. The Morgan fingerprint density at radius 3 is 2.57 bits per heavy atom. The number of amides is 3. The van der Waals surface area contributed by atoms with Crippen molar-refractivity contribution in [2.24, 2.45) is 5.10 Å². The lowest BCUT2D eigenvalue weighted by atomic mass is 9.95. The Morgan fingerprint density at radius 1 is 1.09 bits per heavy atom. The molecule has 0 saturated heterocycles. The van der Waals surface area contributed by atoms with E-state index < -0.39 is 23.9 Å². The summed E-state index contributed by atoms with van der Waals surface area (Å²) in [6, 6.07) is 17.3. The first-order valence-electron chi connectivity index (χ1n) is 13.4. The number of hydrogen-bond acceptors (Lipinski definition) is 8. The van der Waals surface area contributed by atoms with E-state index in [9.17, 15) is 14.4 Å². The number of nitrogens with one attached hydrogen (secondary N) is 3. The minimum atomic E-state index is -0.768. The fourth-order valence-electron chi connectivity index (χ4n) is 4.28. The van der Waals surface area contributed by atoms with Gasteiger partial charge in [-0.1, -0.05) is 36.4 Å². The number of urea groups is 1. The fraction of sp³-hybridized carbons (Fsp3) is 0.226. The molecule has 0 spiro atoms. The number of carbonyl (C=O) groups is 3. The fourth-order valence-corrected chi connectivity index (χ4v) is 6.05. The van der Waals surface area contributed by atoms with Crippen molar-refractivity contribution in [3.8, 4) is 17.2 Å². The van der Waals surface area contributed by atoms with Gasteiger partial charge >= 0.3 is 12.0 Å². The lowest BCUT2D eigenvalue weighted by Crippen LogP contribution is -2.45. The van der Waals surface area contributed by atoms with Gasteiger partial charge in [-0.25, -0.2) is 15.0 Å². The lowest BCUT2D eigenvalue weighted by Gasteiger charge is -2.28. The van der Waals surface area contributed by atoms with Crippen molar-refractivity contribution in [1.82, 2.24) is 16.1 Å². The molecule has 44 heavy (non-hydrogen) atoms. The second-order valence-corrected chi connectivity index (χ2v) is 11.4. The van der Waals surface area contributed by atoms with Crippen LogP contribution >= 0.6 is 38.5 Å². The summed E-state index contributed by atoms with van der Waals surface area (Å²) in [4.78, 5) is 37.2. The Hall–Kier alpha value is -4.11. The minimum absolute atomic E-state index is 0.186. The van der Waals surface area contributed by atoms with Crippen LogP contribution in [0.5, 0.6) is 17.2 Å². The summed E-state index contributed by atoms with van der Waals surface area (Å²) in [7, 11) is 1.45. The third-order valence-electron chi connectivity index (χ3n) is 6.29. The lowest BCUT2D eigenvalue weighted by molar-refractivity contribution is -0.139. The van der Waals surface area contributed by atoms with Crippen LogP contribution in [0.2, 0.25) is 0 Å². The number of benzene rings is 3. The summed E-state index contributed by atoms with van der Waals surface area (Å²) in [5.74, 6) is 0.279. The summed E-state index contributed by atoms with van der Waals surface area (Å²) in [6.07, 6.45) is 1.52. The monoisotopic (exact) mass is 776 g/mol. The summed E-state index contributed by atoms with van der Waals surface area (Å²) in [5, 5.41) is 9.37. The number of hydrazone groups is 1. The molecule has 0 fully saturated rings. The average molecular weight is 777 g/mol. The van der Waals surface area contributed by atoms with E-state index in [1.165, 1.54) is 13.3 Å². The number of allylic oxidation sites excluding steroid dienone is 1. The Morgan fingerprint density at radius 2 is 1.86 bits per heavy atom. The highest BCUT2D eigenvalue weighted by Crippen LogP contribution is 2.35. The molecule has 0 aliphatic carbocycles. The van der Waals surface area contributed by atoms with Gasteiger partial charge in [0.1, 0.15) is 12.4 Å². The number of rotatable bonds is 12.